The summed E-state index contributed by atoms with van der Waals surface area (Å²) in [7, 11) is 3.81. The number of carbonyl (C=O) groups is 2. The van der Waals surface area contributed by atoms with Crippen LogP contribution in [0.1, 0.15) is 20.3 Å². The van der Waals surface area contributed by atoms with Crippen molar-refractivity contribution in [3.05, 3.63) is 12.2 Å². The summed E-state index contributed by atoms with van der Waals surface area (Å²) in [4.78, 5) is 33.2. The maximum atomic E-state index is 12.6. The number of likely N-dealkylation sites (N-methyl/N-ethyl adjacent to an activating group) is 1. The summed E-state index contributed by atoms with van der Waals surface area (Å²) in [6.45, 7) is 6.94. The van der Waals surface area contributed by atoms with Crippen LogP contribution >= 0.6 is 0 Å². The number of likely N-dealkylation sites (tertiary alicyclic amines) is 1. The van der Waals surface area contributed by atoms with Crippen molar-refractivity contribution in [1.29, 1.82) is 0 Å². The third-order valence-corrected chi connectivity index (χ3v) is 6.05. The number of hydrogen-bond donors (Lipinski definition) is 2. The number of rotatable bonds is 7. The van der Waals surface area contributed by atoms with Crippen LogP contribution in [0.3, 0.4) is 0 Å². The molecule has 2 fully saturated rings. The fourth-order valence-electron chi connectivity index (χ4n) is 4.30. The monoisotopic (exact) mass is 361 g/mol. The first-order valence-electron chi connectivity index (χ1n) is 9.62. The fourth-order valence-corrected chi connectivity index (χ4v) is 4.30. The van der Waals surface area contributed by atoms with Gasteiger partial charge in [-0.15, -0.1) is 0 Å². The second kappa shape index (κ2) is 7.78. The molecule has 3 rings (SSSR count). The minimum atomic E-state index is -0.110. The summed E-state index contributed by atoms with van der Waals surface area (Å²) < 4.78 is 0. The van der Waals surface area contributed by atoms with Crippen LogP contribution in [-0.4, -0.2) is 73.9 Å². The molecular formula is C19H31N5O2. The van der Waals surface area contributed by atoms with E-state index >= 15 is 0 Å². The van der Waals surface area contributed by atoms with Crippen molar-refractivity contribution in [2.45, 2.75) is 26.3 Å². The molecule has 0 aromatic heterocycles. The molecule has 1 saturated heterocycles. The van der Waals surface area contributed by atoms with E-state index in [1.54, 1.807) is 7.05 Å². The summed E-state index contributed by atoms with van der Waals surface area (Å²) >= 11 is 0. The Labute approximate surface area is 155 Å². The lowest BCUT2D eigenvalue weighted by Gasteiger charge is -2.22. The molecule has 0 aromatic carbocycles. The molecule has 1 heterocycles. The largest absolute Gasteiger partial charge is 0.355 e. The van der Waals surface area contributed by atoms with Crippen molar-refractivity contribution in [3.8, 4) is 0 Å². The van der Waals surface area contributed by atoms with Crippen molar-refractivity contribution in [2.75, 3.05) is 40.3 Å². The molecule has 0 spiro atoms. The number of carbonyl (C=O) groups excluding carboxylic acids is 2. The van der Waals surface area contributed by atoms with Crippen molar-refractivity contribution in [3.63, 3.8) is 0 Å². The Bertz CT molecular complexity index is 585. The normalized spacial score (nSPS) is 30.1. The molecule has 4 unspecified atom stereocenters. The maximum Gasteiger partial charge on any atom is 0.233 e. The molecule has 2 N–H and O–H groups in total. The number of fused-ring (bicyclic) bond motifs is 5. The van der Waals surface area contributed by atoms with Crippen LogP contribution in [0.2, 0.25) is 0 Å². The van der Waals surface area contributed by atoms with Crippen molar-refractivity contribution in [1.82, 2.24) is 20.4 Å². The quantitative estimate of drug-likeness (QED) is 0.295. The van der Waals surface area contributed by atoms with E-state index in [1.165, 1.54) is 4.90 Å². The number of hydrogen-bond acceptors (Lipinski definition) is 4. The Hall–Kier alpha value is -1.89. The average molecular weight is 361 g/mol. The predicted molar refractivity (Wildman–Crippen MR) is 102 cm³/mol. The van der Waals surface area contributed by atoms with Gasteiger partial charge in [0.1, 0.15) is 0 Å². The second-order valence-electron chi connectivity index (χ2n) is 7.83. The first-order valence-corrected chi connectivity index (χ1v) is 9.62. The van der Waals surface area contributed by atoms with Crippen LogP contribution in [0.25, 0.3) is 0 Å². The van der Waals surface area contributed by atoms with Gasteiger partial charge in [-0.1, -0.05) is 12.2 Å². The average Bonchev–Trinajstić information content (AvgIpc) is 3.29. The number of allylic oxidation sites excluding steroid dienone is 2. The zero-order chi connectivity index (χ0) is 18.8. The minimum Gasteiger partial charge on any atom is -0.355 e. The minimum absolute atomic E-state index is 0.0140. The van der Waals surface area contributed by atoms with E-state index in [4.69, 9.17) is 0 Å². The number of amides is 2. The van der Waals surface area contributed by atoms with Crippen LogP contribution in [0.15, 0.2) is 17.1 Å². The number of nitrogens with zero attached hydrogens (tertiary/aromatic N) is 3. The summed E-state index contributed by atoms with van der Waals surface area (Å²) in [6.07, 6.45) is 5.22. The number of nitrogens with one attached hydrogen (secondary N) is 2. The van der Waals surface area contributed by atoms with Crippen LogP contribution in [0.4, 0.5) is 0 Å². The van der Waals surface area contributed by atoms with E-state index in [0.717, 1.165) is 19.5 Å². The molecule has 0 radical (unpaired) electrons. The van der Waals surface area contributed by atoms with Crippen LogP contribution in [0.5, 0.6) is 0 Å². The Morgan fingerprint density at radius 1 is 1.19 bits per heavy atom. The van der Waals surface area contributed by atoms with E-state index in [1.807, 2.05) is 0 Å². The van der Waals surface area contributed by atoms with Gasteiger partial charge in [-0.25, -0.2) is 0 Å². The lowest BCUT2D eigenvalue weighted by atomic mass is 9.85. The predicted octanol–water partition coefficient (Wildman–Crippen LogP) is 0.299. The van der Waals surface area contributed by atoms with Crippen LogP contribution in [0, 0.1) is 23.7 Å². The van der Waals surface area contributed by atoms with Crippen molar-refractivity contribution < 1.29 is 9.59 Å². The highest BCUT2D eigenvalue weighted by atomic mass is 16.2. The molecule has 26 heavy (non-hydrogen) atoms. The fraction of sp³-hybridized carbons (Fsp3) is 0.737. The molecule has 1 saturated carbocycles. The van der Waals surface area contributed by atoms with Gasteiger partial charge in [0.05, 0.1) is 11.8 Å². The molecule has 1 aliphatic heterocycles. The van der Waals surface area contributed by atoms with Gasteiger partial charge in [0.2, 0.25) is 11.8 Å². The van der Waals surface area contributed by atoms with Crippen molar-refractivity contribution in [2.24, 2.45) is 28.7 Å². The number of guanidine groups is 1. The van der Waals surface area contributed by atoms with Crippen LogP contribution in [-0.2, 0) is 9.59 Å². The zero-order valence-corrected chi connectivity index (χ0v) is 16.2. The highest BCUT2D eigenvalue weighted by Crippen LogP contribution is 2.52. The first kappa shape index (κ1) is 18.9. The molecule has 3 aliphatic rings. The first-order chi connectivity index (χ1) is 12.4. The lowest BCUT2D eigenvalue weighted by Crippen LogP contribution is -2.45. The molecule has 2 amide bonds. The van der Waals surface area contributed by atoms with E-state index in [2.05, 4.69) is 53.6 Å². The van der Waals surface area contributed by atoms with Gasteiger partial charge in [-0.05, 0) is 39.2 Å². The Balaban J connectivity index is 1.43. The van der Waals surface area contributed by atoms with Gasteiger partial charge in [0, 0.05) is 39.3 Å². The topological polar surface area (TPSA) is 77.0 Å². The Morgan fingerprint density at radius 3 is 2.31 bits per heavy atom. The Kier molecular flexibility index (Phi) is 5.65. The van der Waals surface area contributed by atoms with Gasteiger partial charge in [-0.2, -0.15) is 0 Å². The Morgan fingerprint density at radius 2 is 1.77 bits per heavy atom. The summed E-state index contributed by atoms with van der Waals surface area (Å²) in [5.74, 6) is 1.05. The molecule has 0 aromatic rings. The van der Waals surface area contributed by atoms with Gasteiger partial charge in [0.25, 0.3) is 0 Å². The molecule has 2 aliphatic carbocycles. The van der Waals surface area contributed by atoms with E-state index in [0.29, 0.717) is 25.1 Å². The van der Waals surface area contributed by atoms with Gasteiger partial charge in [-0.3, -0.25) is 19.5 Å². The molecule has 144 valence electrons. The molecular weight excluding hydrogens is 330 g/mol. The summed E-state index contributed by atoms with van der Waals surface area (Å²) in [5, 5.41) is 6.47. The molecule has 7 heteroatoms. The number of aliphatic imine (C=N–C) groups is 1. The third-order valence-electron chi connectivity index (χ3n) is 6.05. The van der Waals surface area contributed by atoms with E-state index in [-0.39, 0.29) is 35.5 Å². The standard InChI is InChI=1S/C19H31N5O2/c1-12(2)23(4)9-7-21-19(20-3)22-8-10-24-17(25)15-13-5-6-14(11-13)16(15)18(24)26/h5-6,12-16H,7-11H2,1-4H3,(H2,20,21,22). The highest BCUT2D eigenvalue weighted by molar-refractivity contribution is 6.06. The molecule has 2 bridgehead atoms. The number of imide groups is 1. The zero-order valence-electron chi connectivity index (χ0n) is 16.2. The molecule has 4 atom stereocenters. The van der Waals surface area contributed by atoms with Gasteiger partial charge >= 0.3 is 0 Å². The maximum absolute atomic E-state index is 12.6. The van der Waals surface area contributed by atoms with E-state index in [9.17, 15) is 9.59 Å². The highest BCUT2D eigenvalue weighted by Gasteiger charge is 2.58. The SMILES string of the molecule is CN=C(NCCN1C(=O)C2C3C=CC(C3)C2C1=O)NCCN(C)C(C)C. The van der Waals surface area contributed by atoms with E-state index < -0.39 is 0 Å². The van der Waals surface area contributed by atoms with Crippen LogP contribution < -0.4 is 10.6 Å². The summed E-state index contributed by atoms with van der Waals surface area (Å²) in [5.41, 5.74) is 0. The summed E-state index contributed by atoms with van der Waals surface area (Å²) in [6, 6.07) is 0.503. The van der Waals surface area contributed by atoms with Gasteiger partial charge in [0.15, 0.2) is 5.96 Å². The second-order valence-corrected chi connectivity index (χ2v) is 7.83. The van der Waals surface area contributed by atoms with Gasteiger partial charge < -0.3 is 15.5 Å². The van der Waals surface area contributed by atoms with Crippen molar-refractivity contribution >= 4 is 17.8 Å². The third kappa shape index (κ3) is 3.49. The lowest BCUT2D eigenvalue weighted by molar-refractivity contribution is -0.140. The molecule has 7 nitrogen and oxygen atoms in total. The smallest absolute Gasteiger partial charge is 0.233 e.